The number of carbonyl (C=O) groups excluding carboxylic acids is 2. The first-order chi connectivity index (χ1) is 14.2. The number of hydrogen-bond donors (Lipinski definition) is 0. The van der Waals surface area contributed by atoms with Gasteiger partial charge in [-0.15, -0.1) is 0 Å². The van der Waals surface area contributed by atoms with Crippen LogP contribution in [0.4, 0.5) is 9.18 Å². The van der Waals surface area contributed by atoms with E-state index in [1.54, 1.807) is 40.4 Å². The average molecular weight is 412 g/mol. The molecule has 0 radical (unpaired) electrons. The van der Waals surface area contributed by atoms with Gasteiger partial charge in [-0.3, -0.25) is 4.79 Å². The lowest BCUT2D eigenvalue weighted by atomic mass is 10.0. The van der Waals surface area contributed by atoms with Crippen molar-refractivity contribution in [2.45, 2.75) is 26.4 Å². The third-order valence-electron chi connectivity index (χ3n) is 5.46. The van der Waals surface area contributed by atoms with Gasteiger partial charge in [0.1, 0.15) is 11.4 Å². The van der Waals surface area contributed by atoms with Gasteiger partial charge in [0.15, 0.2) is 5.82 Å². The lowest BCUT2D eigenvalue weighted by molar-refractivity contribution is 0.0275. The smallest absolute Gasteiger partial charge is 0.410 e. The van der Waals surface area contributed by atoms with Crippen LogP contribution < -0.4 is 0 Å². The van der Waals surface area contributed by atoms with E-state index in [9.17, 15) is 14.0 Å². The monoisotopic (exact) mass is 412 g/mol. The Morgan fingerprint density at radius 2 is 1.60 bits per heavy atom. The zero-order valence-electron chi connectivity index (χ0n) is 17.3. The van der Waals surface area contributed by atoms with E-state index in [1.165, 1.54) is 6.07 Å². The summed E-state index contributed by atoms with van der Waals surface area (Å²) in [6, 6.07) is 6.16. The minimum atomic E-state index is -0.586. The van der Waals surface area contributed by atoms with Crippen LogP contribution in [0.5, 0.6) is 0 Å². The van der Waals surface area contributed by atoms with Crippen LogP contribution in [0.15, 0.2) is 36.7 Å². The van der Waals surface area contributed by atoms with Gasteiger partial charge < -0.3 is 14.5 Å². The molecule has 2 fully saturated rings. The summed E-state index contributed by atoms with van der Waals surface area (Å²) >= 11 is 0. The molecule has 0 N–H and O–H groups in total. The maximum atomic E-state index is 14.7. The van der Waals surface area contributed by atoms with Gasteiger partial charge in [-0.2, -0.15) is 0 Å². The predicted molar refractivity (Wildman–Crippen MR) is 108 cm³/mol. The average Bonchev–Trinajstić information content (AvgIpc) is 3.26. The second-order valence-corrected chi connectivity index (χ2v) is 8.85. The van der Waals surface area contributed by atoms with Gasteiger partial charge in [0, 0.05) is 56.0 Å². The summed E-state index contributed by atoms with van der Waals surface area (Å²) in [4.78, 5) is 37.3. The van der Waals surface area contributed by atoms with Gasteiger partial charge in [-0.05, 0) is 32.9 Å². The highest BCUT2D eigenvalue weighted by Gasteiger charge is 2.44. The van der Waals surface area contributed by atoms with Crippen LogP contribution in [0, 0.1) is 17.7 Å². The largest absolute Gasteiger partial charge is 0.444 e. The third-order valence-corrected chi connectivity index (χ3v) is 5.46. The van der Waals surface area contributed by atoms with E-state index in [2.05, 4.69) is 9.97 Å². The quantitative estimate of drug-likeness (QED) is 0.757. The Hall–Kier alpha value is -3.03. The maximum absolute atomic E-state index is 14.7. The number of rotatable bonds is 2. The molecule has 0 spiro atoms. The van der Waals surface area contributed by atoms with Crippen molar-refractivity contribution >= 4 is 12.0 Å². The number of likely N-dealkylation sites (tertiary alicyclic amines) is 2. The van der Waals surface area contributed by atoms with E-state index in [-0.39, 0.29) is 29.4 Å². The third kappa shape index (κ3) is 3.99. The molecule has 30 heavy (non-hydrogen) atoms. The fourth-order valence-electron chi connectivity index (χ4n) is 4.16. The van der Waals surface area contributed by atoms with Crippen molar-refractivity contribution in [1.82, 2.24) is 19.8 Å². The molecule has 2 atom stereocenters. The van der Waals surface area contributed by atoms with Gasteiger partial charge in [0.25, 0.3) is 5.91 Å². The summed E-state index contributed by atoms with van der Waals surface area (Å²) in [6.45, 7) is 7.54. The van der Waals surface area contributed by atoms with Crippen molar-refractivity contribution in [2.24, 2.45) is 11.8 Å². The van der Waals surface area contributed by atoms with Gasteiger partial charge in [0.2, 0.25) is 0 Å². The summed E-state index contributed by atoms with van der Waals surface area (Å²) in [7, 11) is 0. The number of amides is 2. The first-order valence-corrected chi connectivity index (χ1v) is 10.1. The molecule has 0 saturated carbocycles. The van der Waals surface area contributed by atoms with Gasteiger partial charge in [-0.25, -0.2) is 19.2 Å². The summed E-state index contributed by atoms with van der Waals surface area (Å²) in [5.41, 5.74) is -0.168. The van der Waals surface area contributed by atoms with Crippen LogP contribution in [0.25, 0.3) is 11.4 Å². The molecule has 2 amide bonds. The van der Waals surface area contributed by atoms with Crippen molar-refractivity contribution in [2.75, 3.05) is 26.2 Å². The lowest BCUT2D eigenvalue weighted by Crippen LogP contribution is -2.38. The standard InChI is InChI=1S/C22H25FN4O3/c1-22(2,3)30-21(29)27-12-14-10-26(11-15(14)13-27)20(28)18-16(6-4-7-17(18)23)19-24-8-5-9-25-19/h4-9,14-15H,10-13H2,1-3H3/t14-,15+. The molecule has 2 aliphatic rings. The zero-order valence-corrected chi connectivity index (χ0v) is 17.3. The molecule has 4 rings (SSSR count). The fraction of sp³-hybridized carbons (Fsp3) is 0.455. The maximum Gasteiger partial charge on any atom is 0.410 e. The molecule has 0 bridgehead atoms. The molecular formula is C22H25FN4O3. The van der Waals surface area contributed by atoms with Gasteiger partial charge in [-0.1, -0.05) is 12.1 Å². The van der Waals surface area contributed by atoms with Crippen LogP contribution in [0.1, 0.15) is 31.1 Å². The Balaban J connectivity index is 1.49. The number of carbonyl (C=O) groups is 2. The number of aromatic nitrogens is 2. The van der Waals surface area contributed by atoms with E-state index < -0.39 is 11.4 Å². The molecule has 2 aliphatic heterocycles. The number of ether oxygens (including phenoxy) is 1. The Bertz CT molecular complexity index is 947. The molecule has 7 nitrogen and oxygen atoms in total. The molecule has 0 aliphatic carbocycles. The fourth-order valence-corrected chi connectivity index (χ4v) is 4.16. The number of fused-ring (bicyclic) bond motifs is 1. The topological polar surface area (TPSA) is 75.6 Å². The number of halogens is 1. The normalized spacial score (nSPS) is 20.9. The molecule has 158 valence electrons. The van der Waals surface area contributed by atoms with Crippen molar-refractivity contribution in [3.63, 3.8) is 0 Å². The van der Waals surface area contributed by atoms with Crippen molar-refractivity contribution < 1.29 is 18.7 Å². The van der Waals surface area contributed by atoms with E-state index >= 15 is 0 Å². The van der Waals surface area contributed by atoms with Gasteiger partial charge >= 0.3 is 6.09 Å². The minimum Gasteiger partial charge on any atom is -0.444 e. The second-order valence-electron chi connectivity index (χ2n) is 8.85. The molecule has 2 aromatic rings. The summed E-state index contributed by atoms with van der Waals surface area (Å²) < 4.78 is 20.1. The van der Waals surface area contributed by atoms with Crippen LogP contribution in [-0.2, 0) is 4.74 Å². The number of benzene rings is 1. The van der Waals surface area contributed by atoms with Crippen LogP contribution in [-0.4, -0.2) is 63.5 Å². The molecule has 8 heteroatoms. The first-order valence-electron chi connectivity index (χ1n) is 10.1. The molecule has 2 saturated heterocycles. The summed E-state index contributed by atoms with van der Waals surface area (Å²) in [6.07, 6.45) is 2.80. The Morgan fingerprint density at radius 1 is 1.00 bits per heavy atom. The van der Waals surface area contributed by atoms with Crippen molar-refractivity contribution in [3.8, 4) is 11.4 Å². The molecule has 1 aromatic heterocycles. The number of nitrogens with zero attached hydrogens (tertiary/aromatic N) is 4. The van der Waals surface area contributed by atoms with Crippen LogP contribution in [0.2, 0.25) is 0 Å². The number of hydrogen-bond acceptors (Lipinski definition) is 5. The van der Waals surface area contributed by atoms with E-state index in [0.717, 1.165) is 0 Å². The van der Waals surface area contributed by atoms with Crippen molar-refractivity contribution in [3.05, 3.63) is 48.0 Å². The highest BCUT2D eigenvalue weighted by molar-refractivity contribution is 6.00. The van der Waals surface area contributed by atoms with E-state index in [4.69, 9.17) is 4.74 Å². The van der Waals surface area contributed by atoms with Crippen molar-refractivity contribution in [1.29, 1.82) is 0 Å². The van der Waals surface area contributed by atoms with E-state index in [0.29, 0.717) is 37.6 Å². The highest BCUT2D eigenvalue weighted by Crippen LogP contribution is 2.34. The predicted octanol–water partition coefficient (Wildman–Crippen LogP) is 3.22. The second kappa shape index (κ2) is 7.66. The minimum absolute atomic E-state index is 0.00679. The molecule has 0 unspecified atom stereocenters. The Kier molecular flexibility index (Phi) is 5.17. The van der Waals surface area contributed by atoms with Gasteiger partial charge in [0.05, 0.1) is 5.56 Å². The Labute approximate surface area is 174 Å². The van der Waals surface area contributed by atoms with E-state index in [1.807, 2.05) is 20.8 Å². The molecule has 1 aromatic carbocycles. The van der Waals surface area contributed by atoms with Crippen LogP contribution in [0.3, 0.4) is 0 Å². The first kappa shape index (κ1) is 20.3. The van der Waals surface area contributed by atoms with Crippen LogP contribution >= 0.6 is 0 Å². The SMILES string of the molecule is CC(C)(C)OC(=O)N1C[C@@H]2CN(C(=O)c3c(F)cccc3-c3ncccn3)C[C@@H]2C1. The molecule has 3 heterocycles. The highest BCUT2D eigenvalue weighted by atomic mass is 19.1. The Morgan fingerprint density at radius 3 is 2.20 bits per heavy atom. The lowest BCUT2D eigenvalue weighted by Gasteiger charge is -2.26. The summed E-state index contributed by atoms with van der Waals surface area (Å²) in [5.74, 6) is -0.323. The zero-order chi connectivity index (χ0) is 21.5. The summed E-state index contributed by atoms with van der Waals surface area (Å²) in [5, 5.41) is 0. The molecular weight excluding hydrogens is 387 g/mol.